The summed E-state index contributed by atoms with van der Waals surface area (Å²) in [6.45, 7) is 2.64. The van der Waals surface area contributed by atoms with Gasteiger partial charge in [0, 0.05) is 32.4 Å². The van der Waals surface area contributed by atoms with Crippen LogP contribution < -0.4 is 0 Å². The minimum absolute atomic E-state index is 0.0222. The van der Waals surface area contributed by atoms with Crippen molar-refractivity contribution in [1.82, 2.24) is 14.5 Å². The van der Waals surface area contributed by atoms with Gasteiger partial charge in [-0.05, 0) is 7.05 Å². The number of nitrogens with zero attached hydrogens (tertiary/aromatic N) is 3. The van der Waals surface area contributed by atoms with Crippen molar-refractivity contribution in [3.63, 3.8) is 0 Å². The van der Waals surface area contributed by atoms with Gasteiger partial charge in [-0.15, -0.1) is 0 Å². The molecule has 1 saturated heterocycles. The molecule has 5 nitrogen and oxygen atoms in total. The van der Waals surface area contributed by atoms with Gasteiger partial charge < -0.3 is 9.30 Å². The molecule has 0 radical (unpaired) electrons. The van der Waals surface area contributed by atoms with Crippen LogP contribution in [0.1, 0.15) is 12.2 Å². The molecule has 0 amide bonds. The fourth-order valence-electron chi connectivity index (χ4n) is 2.08. The van der Waals surface area contributed by atoms with Gasteiger partial charge in [0.05, 0.1) is 25.7 Å². The van der Waals surface area contributed by atoms with Gasteiger partial charge in [0.2, 0.25) is 0 Å². The van der Waals surface area contributed by atoms with Crippen LogP contribution in [0.3, 0.4) is 0 Å². The van der Waals surface area contributed by atoms with E-state index >= 15 is 0 Å². The number of carbonyl (C=O) groups excluding carboxylic acids is 1. The Bertz CT molecular complexity index is 389. The Morgan fingerprint density at radius 1 is 1.65 bits per heavy atom. The predicted octanol–water partition coefficient (Wildman–Crippen LogP) is 0.458. The van der Waals surface area contributed by atoms with E-state index in [1.165, 1.54) is 0 Å². The topological polar surface area (TPSA) is 47.4 Å². The van der Waals surface area contributed by atoms with Crippen LogP contribution in [-0.2, 0) is 23.1 Å². The van der Waals surface area contributed by atoms with Crippen molar-refractivity contribution in [3.8, 4) is 0 Å². The second-order valence-corrected chi connectivity index (χ2v) is 4.64. The lowest BCUT2D eigenvalue weighted by atomic mass is 10.0. The zero-order valence-electron chi connectivity index (χ0n) is 10.4. The van der Waals surface area contributed by atoms with Crippen LogP contribution in [0, 0.1) is 5.92 Å². The van der Waals surface area contributed by atoms with Crippen molar-refractivity contribution in [2.24, 2.45) is 13.0 Å². The van der Waals surface area contributed by atoms with E-state index in [0.29, 0.717) is 25.4 Å². The molecule has 0 aromatic carbocycles. The third kappa shape index (κ3) is 3.14. The number of aromatic nitrogens is 2. The van der Waals surface area contributed by atoms with E-state index in [1.54, 1.807) is 6.20 Å². The molecule has 2 rings (SSSR count). The third-order valence-corrected chi connectivity index (χ3v) is 3.13. The third-order valence-electron chi connectivity index (χ3n) is 3.13. The van der Waals surface area contributed by atoms with E-state index in [2.05, 4.69) is 9.88 Å². The van der Waals surface area contributed by atoms with Crippen molar-refractivity contribution >= 4 is 5.78 Å². The summed E-state index contributed by atoms with van der Waals surface area (Å²) in [7, 11) is 3.99. The highest BCUT2D eigenvalue weighted by molar-refractivity contribution is 5.82. The number of ether oxygens (including phenoxy) is 1. The second-order valence-electron chi connectivity index (χ2n) is 4.64. The minimum atomic E-state index is 0.0222. The average molecular weight is 237 g/mol. The molecule has 5 heteroatoms. The van der Waals surface area contributed by atoms with Crippen LogP contribution in [0.4, 0.5) is 0 Å². The minimum Gasteiger partial charge on any atom is -0.380 e. The van der Waals surface area contributed by atoms with Gasteiger partial charge in [0.15, 0.2) is 0 Å². The standard InChI is InChI=1S/C12H19N3O2/c1-14(8-12-13-4-5-15(12)2)7-10-9-17-6-3-11(10)16/h4-5,10H,3,6-9H2,1-2H3. The molecule has 0 saturated carbocycles. The van der Waals surface area contributed by atoms with Crippen LogP contribution in [0.15, 0.2) is 12.4 Å². The molecular formula is C12H19N3O2. The number of carbonyl (C=O) groups is 1. The van der Waals surface area contributed by atoms with E-state index in [1.807, 2.05) is 24.9 Å². The van der Waals surface area contributed by atoms with Gasteiger partial charge in [-0.2, -0.15) is 0 Å². The Morgan fingerprint density at radius 3 is 3.12 bits per heavy atom. The van der Waals surface area contributed by atoms with Gasteiger partial charge in [-0.25, -0.2) is 4.98 Å². The van der Waals surface area contributed by atoms with Crippen LogP contribution >= 0.6 is 0 Å². The lowest BCUT2D eigenvalue weighted by molar-refractivity contribution is -0.131. The first-order valence-corrected chi connectivity index (χ1v) is 5.92. The highest BCUT2D eigenvalue weighted by atomic mass is 16.5. The second kappa shape index (κ2) is 5.42. The maximum Gasteiger partial charge on any atom is 0.141 e. The molecule has 94 valence electrons. The van der Waals surface area contributed by atoms with E-state index < -0.39 is 0 Å². The monoisotopic (exact) mass is 237 g/mol. The highest BCUT2D eigenvalue weighted by Gasteiger charge is 2.24. The molecule has 1 atom stereocenters. The molecule has 0 N–H and O–H groups in total. The van der Waals surface area contributed by atoms with Gasteiger partial charge in [-0.1, -0.05) is 0 Å². The molecule has 1 aromatic heterocycles. The van der Waals surface area contributed by atoms with Gasteiger partial charge in [0.1, 0.15) is 11.6 Å². The van der Waals surface area contributed by atoms with E-state index in [4.69, 9.17) is 4.74 Å². The Balaban J connectivity index is 1.86. The Hall–Kier alpha value is -1.20. The van der Waals surface area contributed by atoms with Crippen molar-refractivity contribution in [1.29, 1.82) is 0 Å². The zero-order valence-corrected chi connectivity index (χ0v) is 10.4. The molecule has 1 aromatic rings. The summed E-state index contributed by atoms with van der Waals surface area (Å²) in [4.78, 5) is 18.1. The van der Waals surface area contributed by atoms with Crippen molar-refractivity contribution in [2.75, 3.05) is 26.8 Å². The first kappa shape index (κ1) is 12.3. The molecule has 1 aliphatic heterocycles. The van der Waals surface area contributed by atoms with Gasteiger partial charge >= 0.3 is 0 Å². The zero-order chi connectivity index (χ0) is 12.3. The number of ketones is 1. The molecule has 0 aliphatic carbocycles. The molecule has 0 bridgehead atoms. The van der Waals surface area contributed by atoms with E-state index in [-0.39, 0.29) is 5.92 Å². The average Bonchev–Trinajstić information content (AvgIpc) is 2.68. The SMILES string of the molecule is CN(Cc1nccn1C)CC1COCCC1=O. The number of Topliss-reactive ketones (excluding diaryl/α,β-unsaturated/α-hetero) is 1. The molecule has 0 spiro atoms. The van der Waals surface area contributed by atoms with E-state index in [9.17, 15) is 4.79 Å². The molecule has 1 fully saturated rings. The van der Waals surface area contributed by atoms with Crippen molar-refractivity contribution in [2.45, 2.75) is 13.0 Å². The largest absolute Gasteiger partial charge is 0.380 e. The summed E-state index contributed by atoms with van der Waals surface area (Å²) in [6.07, 6.45) is 4.27. The number of hydrogen-bond acceptors (Lipinski definition) is 4. The Labute approximate surface area is 101 Å². The van der Waals surface area contributed by atoms with Crippen LogP contribution in [-0.4, -0.2) is 47.0 Å². The maximum atomic E-state index is 11.7. The fourth-order valence-corrected chi connectivity index (χ4v) is 2.08. The summed E-state index contributed by atoms with van der Waals surface area (Å²) in [5.41, 5.74) is 0. The van der Waals surface area contributed by atoms with Crippen LogP contribution in [0.2, 0.25) is 0 Å². The fraction of sp³-hybridized carbons (Fsp3) is 0.667. The summed E-state index contributed by atoms with van der Waals surface area (Å²) >= 11 is 0. The van der Waals surface area contributed by atoms with E-state index in [0.717, 1.165) is 18.9 Å². The predicted molar refractivity (Wildman–Crippen MR) is 63.5 cm³/mol. The summed E-state index contributed by atoms with van der Waals surface area (Å²) in [6, 6.07) is 0. The smallest absolute Gasteiger partial charge is 0.141 e. The lowest BCUT2D eigenvalue weighted by Gasteiger charge is -2.25. The number of hydrogen-bond donors (Lipinski definition) is 0. The normalized spacial score (nSPS) is 21.1. The molecular weight excluding hydrogens is 218 g/mol. The maximum absolute atomic E-state index is 11.7. The van der Waals surface area contributed by atoms with Crippen LogP contribution in [0.5, 0.6) is 0 Å². The number of aryl methyl sites for hydroxylation is 1. The Morgan fingerprint density at radius 2 is 2.47 bits per heavy atom. The summed E-state index contributed by atoms with van der Waals surface area (Å²) < 4.78 is 7.34. The molecule has 17 heavy (non-hydrogen) atoms. The molecule has 2 heterocycles. The summed E-state index contributed by atoms with van der Waals surface area (Å²) in [5, 5.41) is 0. The quantitative estimate of drug-likeness (QED) is 0.763. The number of rotatable bonds is 4. The van der Waals surface area contributed by atoms with Crippen molar-refractivity contribution < 1.29 is 9.53 Å². The van der Waals surface area contributed by atoms with Gasteiger partial charge in [-0.3, -0.25) is 9.69 Å². The first-order chi connectivity index (χ1) is 8.16. The first-order valence-electron chi connectivity index (χ1n) is 5.92. The van der Waals surface area contributed by atoms with Crippen molar-refractivity contribution in [3.05, 3.63) is 18.2 Å². The van der Waals surface area contributed by atoms with Crippen LogP contribution in [0.25, 0.3) is 0 Å². The van der Waals surface area contributed by atoms with Gasteiger partial charge in [0.25, 0.3) is 0 Å². The Kier molecular flexibility index (Phi) is 3.91. The molecule has 1 unspecified atom stereocenters. The molecule has 1 aliphatic rings. The lowest BCUT2D eigenvalue weighted by Crippen LogP contribution is -2.37. The summed E-state index contributed by atoms with van der Waals surface area (Å²) in [5.74, 6) is 1.36. The highest BCUT2D eigenvalue weighted by Crippen LogP contribution is 2.12. The number of imidazole rings is 1.